The number of hydrogen-bond acceptors (Lipinski definition) is 3. The van der Waals surface area contributed by atoms with Crippen LogP contribution in [0.25, 0.3) is 0 Å². The molecule has 1 atom stereocenters. The third-order valence-electron chi connectivity index (χ3n) is 3.46. The molecular formula is C10H10O3. The molecule has 0 amide bonds. The zero-order valence-corrected chi connectivity index (χ0v) is 7.21. The molecule has 4 aliphatic rings. The van der Waals surface area contributed by atoms with Crippen LogP contribution in [0, 0.1) is 11.8 Å². The molecule has 4 rings (SSSR count). The maximum absolute atomic E-state index is 11.3. The summed E-state index contributed by atoms with van der Waals surface area (Å²) in [5.74, 6) is -0.479. The van der Waals surface area contributed by atoms with E-state index in [1.165, 1.54) is 5.57 Å². The van der Waals surface area contributed by atoms with Crippen LogP contribution in [0.1, 0.15) is 25.7 Å². The zero-order chi connectivity index (χ0) is 9.00. The molecule has 3 aliphatic carbocycles. The Labute approximate surface area is 75.8 Å². The number of fused-ring (bicyclic) bond motifs is 2. The van der Waals surface area contributed by atoms with Gasteiger partial charge in [0.05, 0.1) is 11.5 Å². The molecule has 13 heavy (non-hydrogen) atoms. The minimum Gasteiger partial charge on any atom is -0.389 e. The third kappa shape index (κ3) is 0.794. The van der Waals surface area contributed by atoms with Gasteiger partial charge in [-0.25, -0.2) is 4.79 Å². The molecule has 2 bridgehead atoms. The number of carbonyl (C=O) groups excluding carboxylic acids is 2. The van der Waals surface area contributed by atoms with Gasteiger partial charge in [0, 0.05) is 0 Å². The van der Waals surface area contributed by atoms with Gasteiger partial charge in [-0.05, 0) is 31.6 Å². The smallest absolute Gasteiger partial charge is 0.342 e. The number of cyclic esters (lactones) is 2. The fraction of sp³-hybridized carbons (Fsp3) is 0.600. The van der Waals surface area contributed by atoms with Gasteiger partial charge in [0.2, 0.25) is 0 Å². The van der Waals surface area contributed by atoms with Crippen LogP contribution in [0.5, 0.6) is 0 Å². The second-order valence-electron chi connectivity index (χ2n) is 4.04. The van der Waals surface area contributed by atoms with E-state index in [2.05, 4.69) is 4.74 Å². The molecule has 0 aromatic carbocycles. The SMILES string of the molecule is O=C1OC(=O)[C@H]2C1=C1CCC2CC1. The fourth-order valence-electron chi connectivity index (χ4n) is 2.84. The summed E-state index contributed by atoms with van der Waals surface area (Å²) in [6, 6.07) is 0. The fourth-order valence-corrected chi connectivity index (χ4v) is 2.84. The Bertz CT molecular complexity index is 330. The van der Waals surface area contributed by atoms with Crippen LogP contribution in [0.15, 0.2) is 11.1 Å². The maximum atomic E-state index is 11.3. The standard InChI is InChI=1S/C10H10O3/c11-9-7-5-1-2-6(4-3-5)8(7)10(12)13-9/h5,7H,1-4H2/t7-/m1/s1. The Kier molecular flexibility index (Phi) is 1.25. The Balaban J connectivity index is 2.17. The quantitative estimate of drug-likeness (QED) is 0.413. The summed E-state index contributed by atoms with van der Waals surface area (Å²) in [5, 5.41) is 0. The molecule has 3 nitrogen and oxygen atoms in total. The summed E-state index contributed by atoms with van der Waals surface area (Å²) in [5.41, 5.74) is 1.90. The topological polar surface area (TPSA) is 43.4 Å². The van der Waals surface area contributed by atoms with Crippen LogP contribution < -0.4 is 0 Å². The lowest BCUT2D eigenvalue weighted by molar-refractivity contribution is -0.153. The van der Waals surface area contributed by atoms with Crippen LogP contribution in [0.2, 0.25) is 0 Å². The summed E-state index contributed by atoms with van der Waals surface area (Å²) in [6.45, 7) is 0. The first-order chi connectivity index (χ1) is 6.27. The van der Waals surface area contributed by atoms with E-state index in [0.717, 1.165) is 25.7 Å². The largest absolute Gasteiger partial charge is 0.389 e. The average Bonchev–Trinajstić information content (AvgIpc) is 2.47. The summed E-state index contributed by atoms with van der Waals surface area (Å²) >= 11 is 0. The molecule has 0 unspecified atom stereocenters. The molecule has 0 aromatic rings. The highest BCUT2D eigenvalue weighted by molar-refractivity contribution is 6.08. The first-order valence-corrected chi connectivity index (χ1v) is 4.75. The number of esters is 2. The summed E-state index contributed by atoms with van der Waals surface area (Å²) < 4.78 is 4.65. The predicted molar refractivity (Wildman–Crippen MR) is 43.6 cm³/mol. The molecule has 1 saturated heterocycles. The highest BCUT2D eigenvalue weighted by atomic mass is 16.6. The first-order valence-electron chi connectivity index (χ1n) is 4.75. The second kappa shape index (κ2) is 2.22. The van der Waals surface area contributed by atoms with Gasteiger partial charge >= 0.3 is 11.9 Å². The van der Waals surface area contributed by atoms with Gasteiger partial charge in [-0.1, -0.05) is 5.57 Å². The predicted octanol–water partition coefficient (Wildman–Crippen LogP) is 1.19. The van der Waals surface area contributed by atoms with Crippen molar-refractivity contribution in [2.75, 3.05) is 0 Å². The van der Waals surface area contributed by atoms with E-state index in [1.807, 2.05) is 0 Å². The summed E-state index contributed by atoms with van der Waals surface area (Å²) in [7, 11) is 0. The van der Waals surface area contributed by atoms with Gasteiger partial charge in [-0.3, -0.25) is 4.79 Å². The van der Waals surface area contributed by atoms with Crippen molar-refractivity contribution in [1.29, 1.82) is 0 Å². The van der Waals surface area contributed by atoms with Gasteiger partial charge < -0.3 is 4.74 Å². The van der Waals surface area contributed by atoms with Crippen molar-refractivity contribution in [3.63, 3.8) is 0 Å². The number of hydrogen-bond donors (Lipinski definition) is 0. The van der Waals surface area contributed by atoms with Gasteiger partial charge in [-0.15, -0.1) is 0 Å². The normalized spacial score (nSPS) is 36.6. The van der Waals surface area contributed by atoms with Gasteiger partial charge in [0.15, 0.2) is 0 Å². The van der Waals surface area contributed by atoms with Crippen molar-refractivity contribution < 1.29 is 14.3 Å². The Morgan fingerprint density at radius 1 is 1.15 bits per heavy atom. The van der Waals surface area contributed by atoms with Gasteiger partial charge in [0.25, 0.3) is 0 Å². The summed E-state index contributed by atoms with van der Waals surface area (Å²) in [4.78, 5) is 22.6. The van der Waals surface area contributed by atoms with E-state index in [0.29, 0.717) is 11.5 Å². The van der Waals surface area contributed by atoms with Crippen molar-refractivity contribution in [2.45, 2.75) is 25.7 Å². The third-order valence-corrected chi connectivity index (χ3v) is 3.46. The molecule has 2 fully saturated rings. The second-order valence-corrected chi connectivity index (χ2v) is 4.04. The first kappa shape index (κ1) is 7.30. The van der Waals surface area contributed by atoms with Crippen LogP contribution >= 0.6 is 0 Å². The Morgan fingerprint density at radius 2 is 1.85 bits per heavy atom. The highest BCUT2D eigenvalue weighted by Gasteiger charge is 2.49. The van der Waals surface area contributed by atoms with Crippen LogP contribution in [0.3, 0.4) is 0 Å². The molecule has 0 N–H and O–H groups in total. The van der Waals surface area contributed by atoms with Crippen LogP contribution in [0.4, 0.5) is 0 Å². The van der Waals surface area contributed by atoms with Crippen molar-refractivity contribution in [2.24, 2.45) is 11.8 Å². The lowest BCUT2D eigenvalue weighted by Crippen LogP contribution is -2.30. The molecule has 1 heterocycles. The van der Waals surface area contributed by atoms with Crippen LogP contribution in [-0.2, 0) is 14.3 Å². The Hall–Kier alpha value is -1.12. The molecule has 1 aliphatic heterocycles. The average molecular weight is 178 g/mol. The van der Waals surface area contributed by atoms with E-state index < -0.39 is 0 Å². The molecule has 1 saturated carbocycles. The Morgan fingerprint density at radius 3 is 2.46 bits per heavy atom. The van der Waals surface area contributed by atoms with Crippen LogP contribution in [-0.4, -0.2) is 11.9 Å². The highest BCUT2D eigenvalue weighted by Crippen LogP contribution is 2.48. The van der Waals surface area contributed by atoms with E-state index in [9.17, 15) is 9.59 Å². The summed E-state index contributed by atoms with van der Waals surface area (Å²) in [6.07, 6.45) is 4.12. The number of carbonyl (C=O) groups is 2. The molecular weight excluding hydrogens is 168 g/mol. The lowest BCUT2D eigenvalue weighted by atomic mass is 9.67. The van der Waals surface area contributed by atoms with E-state index in [-0.39, 0.29) is 17.9 Å². The van der Waals surface area contributed by atoms with Crippen molar-refractivity contribution in [3.8, 4) is 0 Å². The lowest BCUT2D eigenvalue weighted by Gasteiger charge is -2.33. The zero-order valence-electron chi connectivity index (χ0n) is 7.21. The number of ether oxygens (including phenoxy) is 1. The molecule has 68 valence electrons. The number of allylic oxidation sites excluding steroid dienone is 1. The van der Waals surface area contributed by atoms with E-state index in [4.69, 9.17) is 0 Å². The van der Waals surface area contributed by atoms with Crippen molar-refractivity contribution in [1.82, 2.24) is 0 Å². The van der Waals surface area contributed by atoms with Crippen molar-refractivity contribution >= 4 is 11.9 Å². The molecule has 3 heteroatoms. The van der Waals surface area contributed by atoms with Gasteiger partial charge in [-0.2, -0.15) is 0 Å². The monoisotopic (exact) mass is 178 g/mol. The maximum Gasteiger partial charge on any atom is 0.342 e. The minimum atomic E-state index is -0.366. The molecule has 0 aromatic heterocycles. The van der Waals surface area contributed by atoms with E-state index >= 15 is 0 Å². The minimum absolute atomic E-state index is 0.190. The molecule has 0 radical (unpaired) electrons. The van der Waals surface area contributed by atoms with E-state index in [1.54, 1.807) is 0 Å². The number of rotatable bonds is 0. The van der Waals surface area contributed by atoms with Crippen molar-refractivity contribution in [3.05, 3.63) is 11.1 Å². The van der Waals surface area contributed by atoms with Gasteiger partial charge in [0.1, 0.15) is 0 Å². The molecule has 0 spiro atoms.